The Balaban J connectivity index is 2.15. The lowest BCUT2D eigenvalue weighted by atomic mass is 10.1. The number of ether oxygens (including phenoxy) is 1. The number of hydrogen-bond acceptors (Lipinski definition) is 5. The van der Waals surface area contributed by atoms with E-state index in [0.29, 0.717) is 22.0 Å². The summed E-state index contributed by atoms with van der Waals surface area (Å²) in [5.41, 5.74) is 1.49. The van der Waals surface area contributed by atoms with Crippen LogP contribution in [0.15, 0.2) is 65.6 Å². The third kappa shape index (κ3) is 8.56. The Hall–Kier alpha value is -2.98. The van der Waals surface area contributed by atoms with Crippen LogP contribution < -0.4 is 14.4 Å². The number of anilines is 1. The van der Waals surface area contributed by atoms with Crippen molar-refractivity contribution in [3.63, 3.8) is 0 Å². The maximum absolute atomic E-state index is 14.3. The first-order chi connectivity index (χ1) is 20.3. The molecule has 0 aliphatic heterocycles. The molecule has 43 heavy (non-hydrogen) atoms. The number of halogens is 3. The van der Waals surface area contributed by atoms with Crippen LogP contribution in [0.25, 0.3) is 0 Å². The Morgan fingerprint density at radius 1 is 0.930 bits per heavy atom. The number of nitrogens with one attached hydrogen (secondary N) is 1. The number of nitrogens with zero attached hydrogens (tertiary/aromatic N) is 2. The highest BCUT2D eigenvalue weighted by atomic mass is 35.5. The van der Waals surface area contributed by atoms with Gasteiger partial charge in [0.25, 0.3) is 10.0 Å². The zero-order valence-electron chi connectivity index (χ0n) is 24.7. The number of methoxy groups -OCH3 is 1. The third-order valence-corrected chi connectivity index (χ3v) is 9.64. The summed E-state index contributed by atoms with van der Waals surface area (Å²) >= 11 is 18.9. The first kappa shape index (κ1) is 34.5. The molecule has 0 aliphatic rings. The average molecular weight is 669 g/mol. The summed E-state index contributed by atoms with van der Waals surface area (Å²) in [4.78, 5) is 29.0. The number of hydrogen-bond donors (Lipinski definition) is 1. The molecule has 0 aliphatic carbocycles. The van der Waals surface area contributed by atoms with Crippen molar-refractivity contribution in [3.05, 3.63) is 86.9 Å². The van der Waals surface area contributed by atoms with Crippen molar-refractivity contribution in [3.8, 4) is 5.75 Å². The predicted octanol–water partition coefficient (Wildman–Crippen LogP) is 6.88. The van der Waals surface area contributed by atoms with E-state index in [9.17, 15) is 18.0 Å². The van der Waals surface area contributed by atoms with Crippen molar-refractivity contribution in [2.24, 2.45) is 0 Å². The van der Waals surface area contributed by atoms with Crippen LogP contribution in [0, 0.1) is 6.92 Å². The lowest BCUT2D eigenvalue weighted by Crippen LogP contribution is -2.53. The van der Waals surface area contributed by atoms with E-state index in [2.05, 4.69) is 5.32 Å². The van der Waals surface area contributed by atoms with Crippen molar-refractivity contribution >= 4 is 62.3 Å². The minimum Gasteiger partial charge on any atom is -0.495 e. The van der Waals surface area contributed by atoms with Gasteiger partial charge in [-0.25, -0.2) is 8.42 Å². The van der Waals surface area contributed by atoms with E-state index in [1.807, 2.05) is 20.8 Å². The summed E-state index contributed by atoms with van der Waals surface area (Å²) in [6.45, 7) is 6.72. The van der Waals surface area contributed by atoms with Gasteiger partial charge in [0.2, 0.25) is 11.8 Å². The van der Waals surface area contributed by atoms with Crippen molar-refractivity contribution in [2.75, 3.05) is 18.0 Å². The fourth-order valence-corrected chi connectivity index (χ4v) is 6.45. The highest BCUT2D eigenvalue weighted by Crippen LogP contribution is 2.35. The van der Waals surface area contributed by atoms with Crippen LogP contribution in [-0.2, 0) is 26.2 Å². The largest absolute Gasteiger partial charge is 0.495 e. The van der Waals surface area contributed by atoms with E-state index >= 15 is 0 Å². The predicted molar refractivity (Wildman–Crippen MR) is 173 cm³/mol. The molecule has 3 aromatic carbocycles. The highest BCUT2D eigenvalue weighted by Gasteiger charge is 2.35. The SMILES string of the molecule is CC[C@@H](C)NC(=O)[C@H](CC)N(Cc1ccc(Cl)cc1Cl)C(=O)CN(c1cc(Cl)ccc1OC)S(=O)(=O)c1ccc(C)cc1. The molecule has 2 amide bonds. The lowest BCUT2D eigenvalue weighted by molar-refractivity contribution is -0.140. The molecule has 8 nitrogen and oxygen atoms in total. The molecule has 0 radical (unpaired) electrons. The van der Waals surface area contributed by atoms with Gasteiger partial charge in [0.15, 0.2) is 0 Å². The molecular formula is C31H36Cl3N3O5S. The van der Waals surface area contributed by atoms with Gasteiger partial charge in [-0.2, -0.15) is 0 Å². The Morgan fingerprint density at radius 3 is 2.14 bits per heavy atom. The topological polar surface area (TPSA) is 96.0 Å². The van der Waals surface area contributed by atoms with Gasteiger partial charge in [-0.15, -0.1) is 0 Å². The summed E-state index contributed by atoms with van der Waals surface area (Å²) in [6.07, 6.45) is 0.959. The number of sulfonamides is 1. The molecule has 0 saturated heterocycles. The molecular weight excluding hydrogens is 633 g/mol. The maximum atomic E-state index is 14.3. The van der Waals surface area contributed by atoms with Crippen LogP contribution in [0.1, 0.15) is 44.7 Å². The second kappa shape index (κ2) is 15.1. The van der Waals surface area contributed by atoms with Crippen LogP contribution in [0.2, 0.25) is 15.1 Å². The second-order valence-electron chi connectivity index (χ2n) is 10.1. The normalized spacial score (nSPS) is 12.7. The molecule has 3 rings (SSSR count). The number of amides is 2. The fraction of sp³-hybridized carbons (Fsp3) is 0.355. The van der Waals surface area contributed by atoms with E-state index in [1.54, 1.807) is 43.3 Å². The van der Waals surface area contributed by atoms with Gasteiger partial charge in [-0.3, -0.25) is 13.9 Å². The van der Waals surface area contributed by atoms with E-state index in [4.69, 9.17) is 39.5 Å². The summed E-state index contributed by atoms with van der Waals surface area (Å²) in [5, 5.41) is 3.91. The Kier molecular flexibility index (Phi) is 12.2. The zero-order chi connectivity index (χ0) is 31.9. The van der Waals surface area contributed by atoms with Gasteiger partial charge in [0.05, 0.1) is 17.7 Å². The van der Waals surface area contributed by atoms with E-state index in [1.165, 1.54) is 36.3 Å². The Labute approximate surface area is 268 Å². The van der Waals surface area contributed by atoms with Crippen LogP contribution in [-0.4, -0.2) is 50.9 Å². The lowest BCUT2D eigenvalue weighted by Gasteiger charge is -2.34. The fourth-order valence-electron chi connectivity index (χ4n) is 4.40. The molecule has 0 saturated carbocycles. The molecule has 0 aromatic heterocycles. The van der Waals surface area contributed by atoms with Crippen LogP contribution >= 0.6 is 34.8 Å². The molecule has 0 fully saturated rings. The molecule has 1 N–H and O–H groups in total. The molecule has 0 bridgehead atoms. The van der Waals surface area contributed by atoms with Crippen LogP contribution in [0.4, 0.5) is 5.69 Å². The minimum atomic E-state index is -4.31. The first-order valence-corrected chi connectivity index (χ1v) is 16.4. The van der Waals surface area contributed by atoms with Gasteiger partial charge in [-0.05, 0) is 74.7 Å². The molecule has 2 atom stereocenters. The number of rotatable bonds is 13. The summed E-state index contributed by atoms with van der Waals surface area (Å²) in [7, 11) is -2.91. The van der Waals surface area contributed by atoms with E-state index in [-0.39, 0.29) is 46.3 Å². The molecule has 0 heterocycles. The summed E-state index contributed by atoms with van der Waals surface area (Å²) < 4.78 is 34.7. The van der Waals surface area contributed by atoms with Crippen molar-refractivity contribution in [1.82, 2.24) is 10.2 Å². The minimum absolute atomic E-state index is 0.0261. The van der Waals surface area contributed by atoms with Crippen molar-refractivity contribution < 1.29 is 22.7 Å². The van der Waals surface area contributed by atoms with Crippen LogP contribution in [0.5, 0.6) is 5.75 Å². The highest BCUT2D eigenvalue weighted by molar-refractivity contribution is 7.92. The maximum Gasteiger partial charge on any atom is 0.264 e. The number of aryl methyl sites for hydroxylation is 1. The van der Waals surface area contributed by atoms with E-state index < -0.39 is 28.5 Å². The molecule has 0 spiro atoms. The Morgan fingerprint density at radius 2 is 1.56 bits per heavy atom. The van der Waals surface area contributed by atoms with Crippen LogP contribution in [0.3, 0.4) is 0 Å². The van der Waals surface area contributed by atoms with Gasteiger partial charge in [-0.1, -0.05) is 72.4 Å². The van der Waals surface area contributed by atoms with Crippen molar-refractivity contribution in [2.45, 2.75) is 64.1 Å². The van der Waals surface area contributed by atoms with Gasteiger partial charge in [0, 0.05) is 27.7 Å². The van der Waals surface area contributed by atoms with Crippen molar-refractivity contribution in [1.29, 1.82) is 0 Å². The number of benzene rings is 3. The molecule has 3 aromatic rings. The standard InChI is InChI=1S/C31H36Cl3N3O5S/c1-6-21(4)35-31(39)27(7-2)36(18-22-10-11-23(32)16-26(22)34)30(38)19-37(28-17-24(33)12-15-29(28)42-5)43(40,41)25-13-8-20(3)9-14-25/h8-17,21,27H,6-7,18-19H2,1-5H3,(H,35,39)/t21-,27+/m1/s1. The van der Waals surface area contributed by atoms with Gasteiger partial charge >= 0.3 is 0 Å². The smallest absolute Gasteiger partial charge is 0.264 e. The van der Waals surface area contributed by atoms with E-state index in [0.717, 1.165) is 9.87 Å². The quantitative estimate of drug-likeness (QED) is 0.214. The zero-order valence-corrected chi connectivity index (χ0v) is 27.8. The third-order valence-electron chi connectivity index (χ3n) is 7.04. The van der Waals surface area contributed by atoms with Gasteiger partial charge in [0.1, 0.15) is 18.3 Å². The summed E-state index contributed by atoms with van der Waals surface area (Å²) in [5.74, 6) is -0.791. The summed E-state index contributed by atoms with van der Waals surface area (Å²) in [6, 6.07) is 14.6. The molecule has 0 unspecified atom stereocenters. The monoisotopic (exact) mass is 667 g/mol. The number of carbonyl (C=O) groups is 2. The molecule has 12 heteroatoms. The first-order valence-electron chi connectivity index (χ1n) is 13.8. The Bertz CT molecular complexity index is 1550. The molecule has 232 valence electrons. The number of carbonyl (C=O) groups excluding carboxylic acids is 2. The van der Waals surface area contributed by atoms with Gasteiger partial charge < -0.3 is 15.0 Å². The average Bonchev–Trinajstić information content (AvgIpc) is 2.96. The second-order valence-corrected chi connectivity index (χ2v) is 13.3.